The quantitative estimate of drug-likeness (QED) is 0.696. The Morgan fingerprint density at radius 2 is 2.07 bits per heavy atom. The summed E-state index contributed by atoms with van der Waals surface area (Å²) in [6.07, 6.45) is 9.25. The smallest absolute Gasteiger partial charge is 0.00729 e. The van der Waals surface area contributed by atoms with Gasteiger partial charge in [-0.05, 0) is 62.3 Å². The van der Waals surface area contributed by atoms with Crippen LogP contribution in [-0.2, 0) is 0 Å². The summed E-state index contributed by atoms with van der Waals surface area (Å²) >= 11 is 0. The number of hydrogen-bond acceptors (Lipinski definition) is 1. The molecule has 3 aliphatic rings. The highest BCUT2D eigenvalue weighted by atomic mass is 14.9. The van der Waals surface area contributed by atoms with Crippen molar-refractivity contribution in [3.05, 3.63) is 12.2 Å². The number of rotatable bonds is 4. The first-order valence-electron chi connectivity index (χ1n) is 6.65. The van der Waals surface area contributed by atoms with Crippen molar-refractivity contribution < 1.29 is 0 Å². The van der Waals surface area contributed by atoms with Gasteiger partial charge in [-0.25, -0.2) is 0 Å². The SMILES string of the molecule is CC1CC1CNC(C)C1CC2C=CC1C2. The van der Waals surface area contributed by atoms with E-state index in [0.717, 1.165) is 35.6 Å². The topological polar surface area (TPSA) is 12.0 Å². The zero-order valence-electron chi connectivity index (χ0n) is 9.95. The van der Waals surface area contributed by atoms with Crippen LogP contribution in [0.5, 0.6) is 0 Å². The second kappa shape index (κ2) is 3.62. The molecule has 1 heteroatoms. The fourth-order valence-electron chi connectivity index (χ4n) is 3.57. The van der Waals surface area contributed by atoms with Crippen LogP contribution in [0.25, 0.3) is 0 Å². The van der Waals surface area contributed by atoms with Crippen molar-refractivity contribution in [3.8, 4) is 0 Å². The summed E-state index contributed by atoms with van der Waals surface area (Å²) in [6.45, 7) is 6.03. The molecule has 2 bridgehead atoms. The molecule has 1 N–H and O–H groups in total. The molecule has 1 nitrogen and oxygen atoms in total. The van der Waals surface area contributed by atoms with E-state index < -0.39 is 0 Å². The molecule has 0 aliphatic heterocycles. The molecular formula is C14H23N. The van der Waals surface area contributed by atoms with Crippen LogP contribution in [0.15, 0.2) is 12.2 Å². The summed E-state index contributed by atoms with van der Waals surface area (Å²) in [4.78, 5) is 0. The summed E-state index contributed by atoms with van der Waals surface area (Å²) in [5, 5.41) is 3.77. The second-order valence-corrected chi connectivity index (χ2v) is 6.11. The molecule has 0 spiro atoms. The normalized spacial score (nSPS) is 48.5. The van der Waals surface area contributed by atoms with Gasteiger partial charge in [-0.2, -0.15) is 0 Å². The zero-order valence-corrected chi connectivity index (χ0v) is 9.95. The number of nitrogens with one attached hydrogen (secondary N) is 1. The van der Waals surface area contributed by atoms with Crippen molar-refractivity contribution in [3.63, 3.8) is 0 Å². The predicted octanol–water partition coefficient (Wildman–Crippen LogP) is 2.83. The second-order valence-electron chi connectivity index (χ2n) is 6.11. The van der Waals surface area contributed by atoms with Crippen LogP contribution in [0.4, 0.5) is 0 Å². The van der Waals surface area contributed by atoms with E-state index in [4.69, 9.17) is 0 Å². The molecule has 6 unspecified atom stereocenters. The third-order valence-electron chi connectivity index (χ3n) is 4.95. The first-order chi connectivity index (χ1) is 7.24. The van der Waals surface area contributed by atoms with E-state index in [0.29, 0.717) is 0 Å². The lowest BCUT2D eigenvalue weighted by Gasteiger charge is -2.26. The van der Waals surface area contributed by atoms with Crippen LogP contribution in [0.1, 0.15) is 33.1 Å². The van der Waals surface area contributed by atoms with Gasteiger partial charge < -0.3 is 5.32 Å². The Labute approximate surface area is 93.3 Å². The van der Waals surface area contributed by atoms with Crippen molar-refractivity contribution in [2.45, 2.75) is 39.2 Å². The van der Waals surface area contributed by atoms with Gasteiger partial charge in [0.2, 0.25) is 0 Å². The first kappa shape index (κ1) is 9.89. The zero-order chi connectivity index (χ0) is 10.4. The van der Waals surface area contributed by atoms with Crippen molar-refractivity contribution in [2.24, 2.45) is 29.6 Å². The molecule has 2 saturated carbocycles. The van der Waals surface area contributed by atoms with E-state index in [1.54, 1.807) is 0 Å². The van der Waals surface area contributed by atoms with Gasteiger partial charge in [-0.15, -0.1) is 0 Å². The van der Waals surface area contributed by atoms with Crippen molar-refractivity contribution in [1.29, 1.82) is 0 Å². The molecule has 84 valence electrons. The highest BCUT2D eigenvalue weighted by Crippen LogP contribution is 2.45. The van der Waals surface area contributed by atoms with Crippen molar-refractivity contribution in [1.82, 2.24) is 5.32 Å². The average Bonchev–Trinajstić information content (AvgIpc) is 2.70. The Morgan fingerprint density at radius 3 is 2.60 bits per heavy atom. The molecule has 0 radical (unpaired) electrons. The molecule has 0 heterocycles. The molecule has 0 aromatic carbocycles. The van der Waals surface area contributed by atoms with E-state index in [2.05, 4.69) is 31.3 Å². The van der Waals surface area contributed by atoms with Crippen LogP contribution in [0.3, 0.4) is 0 Å². The maximum atomic E-state index is 3.77. The van der Waals surface area contributed by atoms with Crippen LogP contribution >= 0.6 is 0 Å². The maximum absolute atomic E-state index is 3.77. The van der Waals surface area contributed by atoms with Gasteiger partial charge in [0.25, 0.3) is 0 Å². The molecule has 15 heavy (non-hydrogen) atoms. The van der Waals surface area contributed by atoms with Gasteiger partial charge in [0, 0.05) is 6.04 Å². The monoisotopic (exact) mass is 205 g/mol. The van der Waals surface area contributed by atoms with Crippen LogP contribution in [0, 0.1) is 29.6 Å². The Balaban J connectivity index is 1.48. The lowest BCUT2D eigenvalue weighted by Crippen LogP contribution is -2.36. The minimum absolute atomic E-state index is 0.734. The highest BCUT2D eigenvalue weighted by molar-refractivity contribution is 5.11. The third-order valence-corrected chi connectivity index (χ3v) is 4.95. The minimum atomic E-state index is 0.734. The first-order valence-corrected chi connectivity index (χ1v) is 6.65. The van der Waals surface area contributed by atoms with E-state index in [9.17, 15) is 0 Å². The largest absolute Gasteiger partial charge is 0.314 e. The Hall–Kier alpha value is -0.300. The highest BCUT2D eigenvalue weighted by Gasteiger charge is 2.39. The Morgan fingerprint density at radius 1 is 1.27 bits per heavy atom. The molecule has 0 aromatic heterocycles. The standard InChI is InChI=1S/C14H23N/c1-9-5-13(9)8-15-10(2)14-7-11-3-4-12(14)6-11/h3-4,9-15H,5-8H2,1-2H3. The lowest BCUT2D eigenvalue weighted by molar-refractivity contribution is 0.323. The lowest BCUT2D eigenvalue weighted by atomic mass is 9.87. The third kappa shape index (κ3) is 1.87. The fourth-order valence-corrected chi connectivity index (χ4v) is 3.57. The molecule has 3 rings (SSSR count). The van der Waals surface area contributed by atoms with Gasteiger partial charge in [0.05, 0.1) is 0 Å². The summed E-state index contributed by atoms with van der Waals surface area (Å²) in [5.74, 6) is 4.72. The van der Waals surface area contributed by atoms with Gasteiger partial charge in [-0.3, -0.25) is 0 Å². The van der Waals surface area contributed by atoms with Gasteiger partial charge >= 0.3 is 0 Å². The van der Waals surface area contributed by atoms with E-state index in [1.165, 1.54) is 25.8 Å². The number of fused-ring (bicyclic) bond motifs is 2. The molecular weight excluding hydrogens is 182 g/mol. The Bertz CT molecular complexity index is 271. The predicted molar refractivity (Wildman–Crippen MR) is 63.6 cm³/mol. The summed E-state index contributed by atoms with van der Waals surface area (Å²) < 4.78 is 0. The van der Waals surface area contributed by atoms with Gasteiger partial charge in [0.15, 0.2) is 0 Å². The van der Waals surface area contributed by atoms with E-state index >= 15 is 0 Å². The molecule has 2 fully saturated rings. The molecule has 0 amide bonds. The van der Waals surface area contributed by atoms with Gasteiger partial charge in [-0.1, -0.05) is 19.1 Å². The van der Waals surface area contributed by atoms with Gasteiger partial charge in [0.1, 0.15) is 0 Å². The molecule has 3 aliphatic carbocycles. The average molecular weight is 205 g/mol. The molecule has 0 saturated heterocycles. The van der Waals surface area contributed by atoms with E-state index in [-0.39, 0.29) is 0 Å². The van der Waals surface area contributed by atoms with E-state index in [1.807, 2.05) is 0 Å². The number of allylic oxidation sites excluding steroid dienone is 2. The summed E-state index contributed by atoms with van der Waals surface area (Å²) in [5.41, 5.74) is 0. The minimum Gasteiger partial charge on any atom is -0.314 e. The Kier molecular flexibility index (Phi) is 2.39. The van der Waals surface area contributed by atoms with Crippen LogP contribution < -0.4 is 5.32 Å². The number of hydrogen-bond donors (Lipinski definition) is 1. The van der Waals surface area contributed by atoms with Crippen molar-refractivity contribution >= 4 is 0 Å². The molecule has 6 atom stereocenters. The maximum Gasteiger partial charge on any atom is 0.00729 e. The van der Waals surface area contributed by atoms with Crippen LogP contribution in [0.2, 0.25) is 0 Å². The van der Waals surface area contributed by atoms with Crippen molar-refractivity contribution in [2.75, 3.05) is 6.54 Å². The van der Waals surface area contributed by atoms with Crippen LogP contribution in [-0.4, -0.2) is 12.6 Å². The summed E-state index contributed by atoms with van der Waals surface area (Å²) in [7, 11) is 0. The fraction of sp³-hybridized carbons (Fsp3) is 0.857. The molecule has 0 aromatic rings. The summed E-state index contributed by atoms with van der Waals surface area (Å²) in [6, 6.07) is 0.734.